The van der Waals surface area contributed by atoms with Gasteiger partial charge in [0.15, 0.2) is 0 Å². The molecule has 1 unspecified atom stereocenters. The van der Waals surface area contributed by atoms with Gasteiger partial charge in [-0.15, -0.1) is 5.10 Å². The smallest absolute Gasteiger partial charge is 0.332 e. The van der Waals surface area contributed by atoms with Gasteiger partial charge < -0.3 is 4.52 Å². The molecular formula is C20H27N4OP. The van der Waals surface area contributed by atoms with Crippen LogP contribution in [0, 0.1) is 0 Å². The summed E-state index contributed by atoms with van der Waals surface area (Å²) in [5, 5.41) is 4.74. The van der Waals surface area contributed by atoms with Crippen LogP contribution in [-0.4, -0.2) is 23.7 Å². The number of benzene rings is 2. The predicted molar refractivity (Wildman–Crippen MR) is 111 cm³/mol. The van der Waals surface area contributed by atoms with E-state index in [1.165, 1.54) is 0 Å². The van der Waals surface area contributed by atoms with Gasteiger partial charge in [0.1, 0.15) is 0 Å². The Kier molecular flexibility index (Phi) is 6.12. The highest BCUT2D eigenvalue weighted by atomic mass is 31.2. The summed E-state index contributed by atoms with van der Waals surface area (Å²) < 4.78 is 16.0. The van der Waals surface area contributed by atoms with E-state index in [1.54, 1.807) is 0 Å². The third-order valence-electron chi connectivity index (χ3n) is 4.06. The van der Waals surface area contributed by atoms with E-state index in [4.69, 9.17) is 14.4 Å². The Balaban J connectivity index is 2.18. The van der Waals surface area contributed by atoms with Gasteiger partial charge in [0.05, 0.1) is 11.4 Å². The number of para-hydroxylation sites is 1. The molecule has 0 fully saturated rings. The molecule has 1 atom stereocenters. The highest BCUT2D eigenvalue weighted by molar-refractivity contribution is 7.61. The van der Waals surface area contributed by atoms with Crippen LogP contribution in [0.3, 0.4) is 0 Å². The fourth-order valence-electron chi connectivity index (χ4n) is 3.03. The van der Waals surface area contributed by atoms with Crippen LogP contribution in [0.1, 0.15) is 33.6 Å². The average molecular weight is 370 g/mol. The SMILES string of the molecule is CCCN(CCC)P1(=Nc2ccccc2)OC(C)=NN1c1ccccc1. The van der Waals surface area contributed by atoms with Gasteiger partial charge >= 0.3 is 7.58 Å². The van der Waals surface area contributed by atoms with Gasteiger partial charge in [-0.25, -0.2) is 4.67 Å². The highest BCUT2D eigenvalue weighted by Gasteiger charge is 2.42. The Hall–Kier alpha value is -2.10. The third kappa shape index (κ3) is 3.84. The molecule has 1 heterocycles. The van der Waals surface area contributed by atoms with Crippen molar-refractivity contribution in [3.63, 3.8) is 0 Å². The second-order valence-corrected chi connectivity index (χ2v) is 8.59. The molecule has 2 aromatic rings. The van der Waals surface area contributed by atoms with Crippen molar-refractivity contribution in [2.75, 3.05) is 17.9 Å². The van der Waals surface area contributed by atoms with Crippen LogP contribution in [0.15, 0.2) is 70.5 Å². The fraction of sp³-hybridized carbons (Fsp3) is 0.350. The molecule has 2 aromatic carbocycles. The van der Waals surface area contributed by atoms with E-state index in [0.717, 1.165) is 37.3 Å². The number of anilines is 1. The van der Waals surface area contributed by atoms with E-state index in [-0.39, 0.29) is 0 Å². The molecule has 0 N–H and O–H groups in total. The number of hydrazone groups is 1. The van der Waals surface area contributed by atoms with Crippen LogP contribution in [0.25, 0.3) is 0 Å². The quantitative estimate of drug-likeness (QED) is 0.540. The maximum absolute atomic E-state index is 6.43. The molecule has 26 heavy (non-hydrogen) atoms. The van der Waals surface area contributed by atoms with Crippen molar-refractivity contribution in [2.45, 2.75) is 33.6 Å². The number of hydrogen-bond acceptors (Lipinski definition) is 3. The first-order chi connectivity index (χ1) is 12.7. The summed E-state index contributed by atoms with van der Waals surface area (Å²) in [7, 11) is -2.51. The van der Waals surface area contributed by atoms with Crippen LogP contribution < -0.4 is 4.78 Å². The van der Waals surface area contributed by atoms with Crippen LogP contribution in [0.5, 0.6) is 0 Å². The zero-order chi connectivity index (χ0) is 18.4. The molecule has 0 saturated heterocycles. The lowest BCUT2D eigenvalue weighted by atomic mass is 10.3. The molecule has 6 heteroatoms. The zero-order valence-electron chi connectivity index (χ0n) is 15.7. The van der Waals surface area contributed by atoms with Crippen molar-refractivity contribution in [1.29, 1.82) is 0 Å². The summed E-state index contributed by atoms with van der Waals surface area (Å²) in [6, 6.07) is 20.3. The van der Waals surface area contributed by atoms with Crippen molar-refractivity contribution in [3.8, 4) is 0 Å². The summed E-state index contributed by atoms with van der Waals surface area (Å²) in [6.07, 6.45) is 2.08. The van der Waals surface area contributed by atoms with E-state index in [9.17, 15) is 0 Å². The zero-order valence-corrected chi connectivity index (χ0v) is 16.6. The van der Waals surface area contributed by atoms with Crippen LogP contribution in [0.2, 0.25) is 0 Å². The molecule has 0 amide bonds. The van der Waals surface area contributed by atoms with E-state index >= 15 is 0 Å². The molecule has 0 bridgehead atoms. The van der Waals surface area contributed by atoms with Gasteiger partial charge in [-0.3, -0.25) is 0 Å². The summed E-state index contributed by atoms with van der Waals surface area (Å²) in [4.78, 5) is 0. The Morgan fingerprint density at radius 2 is 1.54 bits per heavy atom. The Labute approximate surface area is 156 Å². The van der Waals surface area contributed by atoms with Crippen LogP contribution >= 0.6 is 7.58 Å². The molecule has 0 radical (unpaired) electrons. The van der Waals surface area contributed by atoms with Gasteiger partial charge in [-0.05, 0) is 37.1 Å². The van der Waals surface area contributed by atoms with Crippen molar-refractivity contribution in [2.24, 2.45) is 9.85 Å². The number of rotatable bonds is 7. The van der Waals surface area contributed by atoms with E-state index in [0.29, 0.717) is 5.90 Å². The van der Waals surface area contributed by atoms with Crippen molar-refractivity contribution >= 4 is 24.9 Å². The minimum atomic E-state index is -2.51. The Bertz CT molecular complexity index is 786. The molecule has 1 aliphatic rings. The van der Waals surface area contributed by atoms with Gasteiger partial charge in [0, 0.05) is 20.0 Å². The van der Waals surface area contributed by atoms with E-state index < -0.39 is 7.58 Å². The van der Waals surface area contributed by atoms with E-state index in [1.807, 2.05) is 60.2 Å². The summed E-state index contributed by atoms with van der Waals surface area (Å²) in [5.74, 6) is 0.666. The van der Waals surface area contributed by atoms with E-state index in [2.05, 4.69) is 30.7 Å². The molecule has 3 rings (SSSR count). The van der Waals surface area contributed by atoms with Gasteiger partial charge in [-0.2, -0.15) is 9.52 Å². The normalized spacial score (nSPS) is 19.4. The largest absolute Gasteiger partial charge is 0.415 e. The Morgan fingerprint density at radius 1 is 0.962 bits per heavy atom. The van der Waals surface area contributed by atoms with Gasteiger partial charge in [-0.1, -0.05) is 50.2 Å². The highest BCUT2D eigenvalue weighted by Crippen LogP contribution is 2.64. The predicted octanol–water partition coefficient (Wildman–Crippen LogP) is 6.26. The maximum Gasteiger partial charge on any atom is 0.332 e. The standard InChI is InChI=1S/C20H27N4OP/c1-4-16-23(17-5-2)26(22-19-12-8-6-9-13-19)24(21-18(3)25-26)20-14-10-7-11-15-20/h6-15H,4-5,16-17H2,1-3H3. The lowest BCUT2D eigenvalue weighted by molar-refractivity contribution is 0.402. The minimum absolute atomic E-state index is 0.666. The van der Waals surface area contributed by atoms with Crippen molar-refractivity contribution < 1.29 is 4.52 Å². The molecule has 0 aromatic heterocycles. The second-order valence-electron chi connectivity index (χ2n) is 6.24. The lowest BCUT2D eigenvalue weighted by Crippen LogP contribution is -2.29. The monoisotopic (exact) mass is 370 g/mol. The lowest BCUT2D eigenvalue weighted by Gasteiger charge is -2.36. The minimum Gasteiger partial charge on any atom is -0.415 e. The first kappa shape index (κ1) is 18.7. The van der Waals surface area contributed by atoms with Crippen molar-refractivity contribution in [1.82, 2.24) is 4.67 Å². The van der Waals surface area contributed by atoms with Gasteiger partial charge in [0.2, 0.25) is 5.90 Å². The van der Waals surface area contributed by atoms with Crippen LogP contribution in [0.4, 0.5) is 11.4 Å². The molecule has 5 nitrogen and oxygen atoms in total. The molecule has 138 valence electrons. The topological polar surface area (TPSA) is 40.4 Å². The molecule has 1 aliphatic heterocycles. The van der Waals surface area contributed by atoms with Gasteiger partial charge in [0.25, 0.3) is 0 Å². The fourth-order valence-corrected chi connectivity index (χ4v) is 6.14. The Morgan fingerprint density at radius 3 is 2.12 bits per heavy atom. The third-order valence-corrected chi connectivity index (χ3v) is 7.01. The summed E-state index contributed by atoms with van der Waals surface area (Å²) in [5.41, 5.74) is 1.93. The maximum atomic E-state index is 6.43. The first-order valence-corrected chi connectivity index (χ1v) is 10.8. The molecule has 0 aliphatic carbocycles. The summed E-state index contributed by atoms with van der Waals surface area (Å²) in [6.45, 7) is 8.14. The summed E-state index contributed by atoms with van der Waals surface area (Å²) >= 11 is 0. The second kappa shape index (κ2) is 8.52. The molecule has 0 spiro atoms. The molecular weight excluding hydrogens is 343 g/mol. The average Bonchev–Trinajstić information content (AvgIpc) is 3.00. The van der Waals surface area contributed by atoms with Crippen LogP contribution in [-0.2, 0) is 4.52 Å². The molecule has 0 saturated carbocycles. The number of nitrogens with zero attached hydrogens (tertiary/aromatic N) is 4. The van der Waals surface area contributed by atoms with Crippen molar-refractivity contribution in [3.05, 3.63) is 60.7 Å². The first-order valence-electron chi connectivity index (χ1n) is 9.23. The number of hydrogen-bond donors (Lipinski definition) is 0.